The lowest BCUT2D eigenvalue weighted by molar-refractivity contribution is 0.0663. The molecule has 0 bridgehead atoms. The van der Waals surface area contributed by atoms with Crippen LogP contribution in [0.3, 0.4) is 0 Å². The first-order valence-corrected chi connectivity index (χ1v) is 8.99. The van der Waals surface area contributed by atoms with Crippen molar-refractivity contribution in [3.05, 3.63) is 59.7 Å². The molecular weight excluding hydrogens is 326 g/mol. The van der Waals surface area contributed by atoms with E-state index < -0.39 is 6.10 Å². The molecule has 0 spiro atoms. The lowest BCUT2D eigenvalue weighted by atomic mass is 10.1. The van der Waals surface area contributed by atoms with Crippen molar-refractivity contribution in [3.63, 3.8) is 0 Å². The topological polar surface area (TPSA) is 59.7 Å². The minimum Gasteiger partial charge on any atom is -0.491 e. The molecule has 0 aromatic heterocycles. The van der Waals surface area contributed by atoms with Gasteiger partial charge in [0, 0.05) is 38.4 Å². The van der Waals surface area contributed by atoms with E-state index in [1.54, 1.807) is 24.3 Å². The quantitative estimate of drug-likeness (QED) is 0.866. The summed E-state index contributed by atoms with van der Waals surface area (Å²) in [6.45, 7) is 6.81. The zero-order valence-corrected chi connectivity index (χ0v) is 15.1. The Morgan fingerprint density at radius 1 is 1.08 bits per heavy atom. The van der Waals surface area contributed by atoms with Crippen LogP contribution in [0.2, 0.25) is 0 Å². The van der Waals surface area contributed by atoms with E-state index in [0.29, 0.717) is 17.9 Å². The molecule has 5 heteroatoms. The van der Waals surface area contributed by atoms with Crippen molar-refractivity contribution in [2.45, 2.75) is 13.0 Å². The van der Waals surface area contributed by atoms with Gasteiger partial charge in [0.1, 0.15) is 18.5 Å². The number of nitrogens with zero attached hydrogens (tertiary/aromatic N) is 3. The van der Waals surface area contributed by atoms with E-state index in [1.807, 2.05) is 0 Å². The van der Waals surface area contributed by atoms with Gasteiger partial charge >= 0.3 is 0 Å². The van der Waals surface area contributed by atoms with Gasteiger partial charge in [-0.3, -0.25) is 4.90 Å². The monoisotopic (exact) mass is 351 g/mol. The number of aliphatic hydroxyl groups is 1. The molecule has 2 aromatic carbocycles. The number of aryl methyl sites for hydroxylation is 1. The van der Waals surface area contributed by atoms with Crippen molar-refractivity contribution in [1.29, 1.82) is 5.26 Å². The number of hydrogen-bond donors (Lipinski definition) is 1. The average Bonchev–Trinajstić information content (AvgIpc) is 2.68. The number of ether oxygens (including phenoxy) is 1. The van der Waals surface area contributed by atoms with Crippen LogP contribution in [0.5, 0.6) is 5.75 Å². The third-order valence-corrected chi connectivity index (χ3v) is 4.72. The maximum Gasteiger partial charge on any atom is 0.119 e. The van der Waals surface area contributed by atoms with Crippen molar-refractivity contribution < 1.29 is 9.84 Å². The highest BCUT2D eigenvalue weighted by molar-refractivity contribution is 5.53. The maximum atomic E-state index is 10.3. The highest BCUT2D eigenvalue weighted by atomic mass is 16.5. The molecule has 1 N–H and O–H groups in total. The fraction of sp³-hybridized carbons (Fsp3) is 0.381. The molecule has 1 aliphatic rings. The van der Waals surface area contributed by atoms with E-state index >= 15 is 0 Å². The summed E-state index contributed by atoms with van der Waals surface area (Å²) < 4.78 is 5.62. The number of piperazine rings is 1. The molecule has 0 radical (unpaired) electrons. The number of β-amino-alcohol motifs (C(OH)–C–C–N with tert-alkyl or cyclic N) is 1. The fourth-order valence-electron chi connectivity index (χ4n) is 3.26. The van der Waals surface area contributed by atoms with E-state index in [0.717, 1.165) is 26.2 Å². The van der Waals surface area contributed by atoms with Gasteiger partial charge in [0.15, 0.2) is 0 Å². The van der Waals surface area contributed by atoms with Gasteiger partial charge in [-0.05, 0) is 42.8 Å². The van der Waals surface area contributed by atoms with Crippen molar-refractivity contribution in [2.75, 3.05) is 44.2 Å². The smallest absolute Gasteiger partial charge is 0.119 e. The largest absolute Gasteiger partial charge is 0.491 e. The molecule has 0 aliphatic carbocycles. The SMILES string of the molecule is Cc1ccccc1N1CCN(C[C@H](O)COc2ccc(C#N)cc2)CC1. The second-order valence-electron chi connectivity index (χ2n) is 6.68. The van der Waals surface area contributed by atoms with E-state index in [4.69, 9.17) is 10.00 Å². The summed E-state index contributed by atoms with van der Waals surface area (Å²) in [5.74, 6) is 0.674. The lowest BCUT2D eigenvalue weighted by Crippen LogP contribution is -2.49. The standard InChI is InChI=1S/C21H25N3O2/c1-17-4-2-3-5-21(17)24-12-10-23(11-13-24)15-19(25)16-26-20-8-6-18(14-22)7-9-20/h2-9,19,25H,10-13,15-16H2,1H3/t19-/m0/s1. The summed E-state index contributed by atoms with van der Waals surface area (Å²) in [5.41, 5.74) is 3.21. The molecule has 136 valence electrons. The number of benzene rings is 2. The minimum absolute atomic E-state index is 0.254. The van der Waals surface area contributed by atoms with Crippen LogP contribution in [0.25, 0.3) is 0 Å². The molecule has 1 fully saturated rings. The first-order chi connectivity index (χ1) is 12.7. The number of para-hydroxylation sites is 1. The second-order valence-corrected chi connectivity index (χ2v) is 6.68. The molecule has 0 saturated carbocycles. The van der Waals surface area contributed by atoms with Crippen LogP contribution >= 0.6 is 0 Å². The Morgan fingerprint density at radius 2 is 1.77 bits per heavy atom. The van der Waals surface area contributed by atoms with Crippen LogP contribution in [0.1, 0.15) is 11.1 Å². The molecule has 1 aliphatic heterocycles. The molecule has 0 amide bonds. The number of rotatable bonds is 6. The van der Waals surface area contributed by atoms with Crippen molar-refractivity contribution in [3.8, 4) is 11.8 Å². The highest BCUT2D eigenvalue weighted by Gasteiger charge is 2.20. The summed E-state index contributed by atoms with van der Waals surface area (Å²) >= 11 is 0. The van der Waals surface area contributed by atoms with Crippen LogP contribution in [0.15, 0.2) is 48.5 Å². The number of nitriles is 1. The van der Waals surface area contributed by atoms with E-state index in [2.05, 4.69) is 47.1 Å². The number of aliphatic hydroxyl groups excluding tert-OH is 1. The zero-order chi connectivity index (χ0) is 18.4. The van der Waals surface area contributed by atoms with Gasteiger partial charge in [0.2, 0.25) is 0 Å². The van der Waals surface area contributed by atoms with Crippen LogP contribution in [-0.4, -0.2) is 55.4 Å². The van der Waals surface area contributed by atoms with E-state index in [1.165, 1.54) is 11.3 Å². The predicted molar refractivity (Wildman–Crippen MR) is 102 cm³/mol. The van der Waals surface area contributed by atoms with Gasteiger partial charge in [0.25, 0.3) is 0 Å². The fourth-order valence-corrected chi connectivity index (χ4v) is 3.26. The Bertz CT molecular complexity index is 747. The zero-order valence-electron chi connectivity index (χ0n) is 15.1. The third kappa shape index (κ3) is 4.75. The molecule has 2 aromatic rings. The Morgan fingerprint density at radius 3 is 2.42 bits per heavy atom. The summed E-state index contributed by atoms with van der Waals surface area (Å²) in [5, 5.41) is 19.1. The van der Waals surface area contributed by atoms with Gasteiger partial charge in [-0.1, -0.05) is 18.2 Å². The summed E-state index contributed by atoms with van der Waals surface area (Å²) in [6.07, 6.45) is -0.532. The molecule has 0 unspecified atom stereocenters. The Labute approximate surface area is 155 Å². The summed E-state index contributed by atoms with van der Waals surface area (Å²) in [4.78, 5) is 4.69. The van der Waals surface area contributed by atoms with Gasteiger partial charge in [0.05, 0.1) is 11.6 Å². The average molecular weight is 351 g/mol. The normalized spacial score (nSPS) is 16.1. The van der Waals surface area contributed by atoms with Gasteiger partial charge < -0.3 is 14.7 Å². The first kappa shape index (κ1) is 18.2. The summed E-state index contributed by atoms with van der Waals surface area (Å²) in [7, 11) is 0. The predicted octanol–water partition coefficient (Wildman–Crippen LogP) is 2.43. The van der Waals surface area contributed by atoms with E-state index in [9.17, 15) is 5.11 Å². The Kier molecular flexibility index (Phi) is 6.11. The minimum atomic E-state index is -0.532. The van der Waals surface area contributed by atoms with Crippen molar-refractivity contribution >= 4 is 5.69 Å². The van der Waals surface area contributed by atoms with Crippen LogP contribution in [0.4, 0.5) is 5.69 Å². The van der Waals surface area contributed by atoms with E-state index in [-0.39, 0.29) is 6.61 Å². The second kappa shape index (κ2) is 8.70. The van der Waals surface area contributed by atoms with Crippen LogP contribution in [-0.2, 0) is 0 Å². The molecular formula is C21H25N3O2. The number of anilines is 1. The molecule has 26 heavy (non-hydrogen) atoms. The van der Waals surface area contributed by atoms with Crippen molar-refractivity contribution in [2.24, 2.45) is 0 Å². The third-order valence-electron chi connectivity index (χ3n) is 4.72. The molecule has 1 saturated heterocycles. The van der Waals surface area contributed by atoms with Crippen LogP contribution < -0.4 is 9.64 Å². The van der Waals surface area contributed by atoms with Crippen LogP contribution in [0, 0.1) is 18.3 Å². The Balaban J connectivity index is 1.42. The first-order valence-electron chi connectivity index (χ1n) is 8.99. The van der Waals surface area contributed by atoms with Crippen molar-refractivity contribution in [1.82, 2.24) is 4.90 Å². The lowest BCUT2D eigenvalue weighted by Gasteiger charge is -2.37. The van der Waals surface area contributed by atoms with Gasteiger partial charge in [-0.15, -0.1) is 0 Å². The molecule has 1 heterocycles. The summed E-state index contributed by atoms with van der Waals surface area (Å²) in [6, 6.07) is 17.5. The number of hydrogen-bond acceptors (Lipinski definition) is 5. The maximum absolute atomic E-state index is 10.3. The molecule has 5 nitrogen and oxygen atoms in total. The molecule has 1 atom stereocenters. The molecule has 3 rings (SSSR count). The van der Waals surface area contributed by atoms with Gasteiger partial charge in [-0.25, -0.2) is 0 Å². The van der Waals surface area contributed by atoms with Gasteiger partial charge in [-0.2, -0.15) is 5.26 Å². The highest BCUT2D eigenvalue weighted by Crippen LogP contribution is 2.20. The Hall–Kier alpha value is -2.55.